The summed E-state index contributed by atoms with van der Waals surface area (Å²) in [5, 5.41) is 8.58. The first-order chi connectivity index (χ1) is 15.3. The Hall–Kier alpha value is -3.45. The van der Waals surface area contributed by atoms with Gasteiger partial charge < -0.3 is 5.32 Å². The number of anilines is 1. The molecule has 0 spiro atoms. The molecule has 6 nitrogen and oxygen atoms in total. The molecule has 2 aromatic carbocycles. The standard InChI is InChI=1S/C25H26N4O2S/c1-15-5-8-19(9-6-15)22-14-32-25(27-22)29-24(31)20(18(4)28-29)10-12-23(30)26-21-11-7-16(2)13-17(21)3/h5-9,11,13-14,28H,10,12H2,1-4H3,(H,26,30). The van der Waals surface area contributed by atoms with E-state index in [2.05, 4.69) is 15.4 Å². The Morgan fingerprint density at radius 2 is 1.78 bits per heavy atom. The first-order valence-electron chi connectivity index (χ1n) is 10.5. The molecule has 0 fully saturated rings. The van der Waals surface area contributed by atoms with Crippen molar-refractivity contribution in [3.05, 3.63) is 86.1 Å². The maximum Gasteiger partial charge on any atom is 0.276 e. The third-order valence-electron chi connectivity index (χ3n) is 5.48. The van der Waals surface area contributed by atoms with Crippen molar-refractivity contribution in [2.24, 2.45) is 0 Å². The molecule has 4 aromatic rings. The van der Waals surface area contributed by atoms with Gasteiger partial charge in [-0.25, -0.2) is 4.98 Å². The van der Waals surface area contributed by atoms with Gasteiger partial charge in [-0.1, -0.05) is 47.5 Å². The van der Waals surface area contributed by atoms with Crippen molar-refractivity contribution in [3.8, 4) is 16.4 Å². The van der Waals surface area contributed by atoms with Gasteiger partial charge in [-0.3, -0.25) is 14.7 Å². The Kier molecular flexibility index (Phi) is 6.10. The van der Waals surface area contributed by atoms with Crippen molar-refractivity contribution in [2.45, 2.75) is 40.5 Å². The summed E-state index contributed by atoms with van der Waals surface area (Å²) in [5.74, 6) is -0.112. The van der Waals surface area contributed by atoms with Crippen LogP contribution in [0.5, 0.6) is 0 Å². The smallest absolute Gasteiger partial charge is 0.276 e. The molecule has 0 unspecified atom stereocenters. The number of carbonyl (C=O) groups excluding carboxylic acids is 1. The minimum atomic E-state index is -0.161. The van der Waals surface area contributed by atoms with Gasteiger partial charge in [-0.2, -0.15) is 4.68 Å². The number of hydrogen-bond donors (Lipinski definition) is 2. The number of aromatic nitrogens is 3. The zero-order valence-corrected chi connectivity index (χ0v) is 19.5. The molecule has 0 aliphatic rings. The lowest BCUT2D eigenvalue weighted by Crippen LogP contribution is -2.19. The van der Waals surface area contributed by atoms with Gasteiger partial charge in [-0.15, -0.1) is 11.3 Å². The lowest BCUT2D eigenvalue weighted by molar-refractivity contribution is -0.116. The number of nitrogens with zero attached hydrogens (tertiary/aromatic N) is 2. The molecule has 0 aliphatic carbocycles. The van der Waals surface area contributed by atoms with Gasteiger partial charge in [0.05, 0.1) is 5.69 Å². The molecule has 4 rings (SSSR count). The van der Waals surface area contributed by atoms with E-state index in [4.69, 9.17) is 0 Å². The van der Waals surface area contributed by atoms with Crippen LogP contribution >= 0.6 is 11.3 Å². The highest BCUT2D eigenvalue weighted by molar-refractivity contribution is 7.12. The zero-order valence-electron chi connectivity index (χ0n) is 18.7. The van der Waals surface area contributed by atoms with Gasteiger partial charge in [-0.05, 0) is 45.7 Å². The van der Waals surface area contributed by atoms with Gasteiger partial charge in [0.25, 0.3) is 5.56 Å². The number of hydrogen-bond acceptors (Lipinski definition) is 4. The largest absolute Gasteiger partial charge is 0.326 e. The molecule has 2 aromatic heterocycles. The average molecular weight is 447 g/mol. The fourth-order valence-corrected chi connectivity index (χ4v) is 4.43. The highest BCUT2D eigenvalue weighted by Gasteiger charge is 2.16. The number of amides is 1. The van der Waals surface area contributed by atoms with Crippen molar-refractivity contribution in [3.63, 3.8) is 0 Å². The van der Waals surface area contributed by atoms with E-state index in [1.807, 2.05) is 75.5 Å². The van der Waals surface area contributed by atoms with E-state index in [1.165, 1.54) is 21.6 Å². The van der Waals surface area contributed by atoms with Crippen LogP contribution in [0.15, 0.2) is 52.6 Å². The molecular weight excluding hydrogens is 420 g/mol. The number of aryl methyl sites for hydroxylation is 4. The number of nitrogens with one attached hydrogen (secondary N) is 2. The number of rotatable bonds is 6. The number of carbonyl (C=O) groups is 1. The van der Waals surface area contributed by atoms with E-state index in [1.54, 1.807) is 0 Å². The maximum atomic E-state index is 13.0. The minimum Gasteiger partial charge on any atom is -0.326 e. The van der Waals surface area contributed by atoms with Crippen molar-refractivity contribution in [1.29, 1.82) is 0 Å². The monoisotopic (exact) mass is 446 g/mol. The summed E-state index contributed by atoms with van der Waals surface area (Å²) in [5.41, 5.74) is 7.20. The molecule has 0 aliphatic heterocycles. The van der Waals surface area contributed by atoms with Gasteiger partial charge >= 0.3 is 0 Å². The first-order valence-corrected chi connectivity index (χ1v) is 11.4. The molecule has 2 N–H and O–H groups in total. The van der Waals surface area contributed by atoms with Gasteiger partial charge in [0, 0.05) is 34.3 Å². The van der Waals surface area contributed by atoms with Crippen molar-refractivity contribution < 1.29 is 4.79 Å². The summed E-state index contributed by atoms with van der Waals surface area (Å²) in [6.07, 6.45) is 0.592. The van der Waals surface area contributed by atoms with E-state index < -0.39 is 0 Å². The summed E-state index contributed by atoms with van der Waals surface area (Å²) in [6.45, 7) is 7.88. The molecule has 164 valence electrons. The molecular formula is C25H26N4O2S. The second kappa shape index (κ2) is 8.96. The molecule has 7 heteroatoms. The lowest BCUT2D eigenvalue weighted by Gasteiger charge is -2.08. The van der Waals surface area contributed by atoms with Gasteiger partial charge in [0.2, 0.25) is 11.0 Å². The molecule has 0 atom stereocenters. The first kappa shape index (κ1) is 21.8. The molecule has 1 amide bonds. The Balaban J connectivity index is 1.48. The Morgan fingerprint density at radius 3 is 2.50 bits per heavy atom. The molecule has 0 saturated heterocycles. The van der Waals surface area contributed by atoms with E-state index in [9.17, 15) is 9.59 Å². The summed E-state index contributed by atoms with van der Waals surface area (Å²) < 4.78 is 1.47. The highest BCUT2D eigenvalue weighted by Crippen LogP contribution is 2.24. The second-order valence-electron chi connectivity index (χ2n) is 8.10. The fraction of sp³-hybridized carbons (Fsp3) is 0.240. The average Bonchev–Trinajstić information content (AvgIpc) is 3.34. The van der Waals surface area contributed by atoms with Crippen LogP contribution in [0, 0.1) is 27.7 Å². The number of benzene rings is 2. The second-order valence-corrected chi connectivity index (χ2v) is 8.94. The summed E-state index contributed by atoms with van der Waals surface area (Å²) in [6, 6.07) is 14.0. The van der Waals surface area contributed by atoms with Crippen LogP contribution in [0.1, 0.15) is 34.4 Å². The maximum absolute atomic E-state index is 13.0. The quantitative estimate of drug-likeness (QED) is 0.433. The Labute approximate surface area is 190 Å². The normalized spacial score (nSPS) is 11.0. The van der Waals surface area contributed by atoms with E-state index in [-0.39, 0.29) is 17.9 Å². The summed E-state index contributed by atoms with van der Waals surface area (Å²) >= 11 is 1.41. The fourth-order valence-electron chi connectivity index (χ4n) is 3.64. The molecule has 0 saturated carbocycles. The van der Waals surface area contributed by atoms with E-state index in [0.717, 1.165) is 33.8 Å². The molecule has 0 bridgehead atoms. The molecule has 0 radical (unpaired) electrons. The van der Waals surface area contributed by atoms with Crippen LogP contribution in [0.3, 0.4) is 0 Å². The Bertz CT molecular complexity index is 1330. The number of aromatic amines is 1. The van der Waals surface area contributed by atoms with Crippen LogP contribution in [0.2, 0.25) is 0 Å². The lowest BCUT2D eigenvalue weighted by atomic mass is 10.1. The third kappa shape index (κ3) is 4.57. The summed E-state index contributed by atoms with van der Waals surface area (Å²) in [7, 11) is 0. The predicted molar refractivity (Wildman–Crippen MR) is 130 cm³/mol. The van der Waals surface area contributed by atoms with Crippen molar-refractivity contribution in [2.75, 3.05) is 5.32 Å². The highest BCUT2D eigenvalue weighted by atomic mass is 32.1. The van der Waals surface area contributed by atoms with Crippen LogP contribution < -0.4 is 10.9 Å². The van der Waals surface area contributed by atoms with Gasteiger partial charge in [0.15, 0.2) is 0 Å². The van der Waals surface area contributed by atoms with Gasteiger partial charge in [0.1, 0.15) is 0 Å². The number of H-pyrrole nitrogens is 1. The molecule has 32 heavy (non-hydrogen) atoms. The van der Waals surface area contributed by atoms with Crippen LogP contribution in [-0.4, -0.2) is 20.7 Å². The van der Waals surface area contributed by atoms with Crippen molar-refractivity contribution >= 4 is 22.9 Å². The SMILES string of the molecule is Cc1ccc(-c2csc(-n3[nH]c(C)c(CCC(=O)Nc4ccc(C)cc4C)c3=O)n2)cc1. The topological polar surface area (TPSA) is 79.8 Å². The van der Waals surface area contributed by atoms with Crippen LogP contribution in [-0.2, 0) is 11.2 Å². The van der Waals surface area contributed by atoms with Crippen molar-refractivity contribution in [1.82, 2.24) is 14.8 Å². The van der Waals surface area contributed by atoms with Crippen LogP contribution in [0.25, 0.3) is 16.4 Å². The van der Waals surface area contributed by atoms with Crippen LogP contribution in [0.4, 0.5) is 5.69 Å². The predicted octanol–water partition coefficient (Wildman–Crippen LogP) is 5.09. The molecule has 2 heterocycles. The zero-order chi connectivity index (χ0) is 22.8. The Morgan fingerprint density at radius 1 is 1.06 bits per heavy atom. The van der Waals surface area contributed by atoms with E-state index >= 15 is 0 Å². The van der Waals surface area contributed by atoms with E-state index in [0.29, 0.717) is 17.1 Å². The third-order valence-corrected chi connectivity index (χ3v) is 6.31. The summed E-state index contributed by atoms with van der Waals surface area (Å²) in [4.78, 5) is 30.1. The minimum absolute atomic E-state index is 0.112. The number of thiazole rings is 1.